The summed E-state index contributed by atoms with van der Waals surface area (Å²) in [5, 5.41) is -0.367. The Bertz CT molecular complexity index is 992. The number of carbonyl (C=O) groups excluding carboxylic acids is 3. The Hall–Kier alpha value is -2.78. The molecule has 29 heavy (non-hydrogen) atoms. The van der Waals surface area contributed by atoms with Gasteiger partial charge in [0.2, 0.25) is 0 Å². The molecule has 2 aromatic carbocycles. The van der Waals surface area contributed by atoms with Crippen molar-refractivity contribution in [2.24, 2.45) is 0 Å². The molecule has 2 amide bonds. The van der Waals surface area contributed by atoms with Crippen molar-refractivity contribution in [1.82, 2.24) is 0 Å². The largest absolute Gasteiger partial charge is 0.493 e. The van der Waals surface area contributed by atoms with Crippen LogP contribution in [0.2, 0.25) is 0 Å². The summed E-state index contributed by atoms with van der Waals surface area (Å²) >= 11 is 4.28. The van der Waals surface area contributed by atoms with Crippen LogP contribution in [0.15, 0.2) is 51.8 Å². The minimum absolute atomic E-state index is 0.269. The second-order valence-electron chi connectivity index (χ2n) is 5.74. The zero-order valence-electron chi connectivity index (χ0n) is 15.5. The normalized spacial score (nSPS) is 15.0. The highest BCUT2D eigenvalue weighted by atomic mass is 79.9. The lowest BCUT2D eigenvalue weighted by Gasteiger charge is -2.13. The molecule has 0 radical (unpaired) electrons. The lowest BCUT2D eigenvalue weighted by molar-refractivity contribution is -0.142. The molecule has 0 spiro atoms. The van der Waals surface area contributed by atoms with E-state index in [2.05, 4.69) is 20.7 Å². The average Bonchev–Trinajstić information content (AvgIpc) is 3.01. The van der Waals surface area contributed by atoms with E-state index in [1.165, 1.54) is 14.2 Å². The number of hydrogen-bond acceptors (Lipinski definition) is 7. The maximum absolute atomic E-state index is 12.8. The van der Waals surface area contributed by atoms with Gasteiger partial charge in [-0.3, -0.25) is 9.59 Å². The Morgan fingerprint density at radius 2 is 1.86 bits per heavy atom. The van der Waals surface area contributed by atoms with Crippen molar-refractivity contribution < 1.29 is 28.6 Å². The SMILES string of the molecule is COC(=O)COc1cc(Br)c(/C=C2\SC(=O)N(c3ccccc3)C2=O)cc1OC. The van der Waals surface area contributed by atoms with E-state index in [9.17, 15) is 14.4 Å². The van der Waals surface area contributed by atoms with Crippen LogP contribution in [-0.2, 0) is 14.3 Å². The van der Waals surface area contributed by atoms with Crippen LogP contribution in [0.5, 0.6) is 11.5 Å². The molecule has 0 aliphatic carbocycles. The van der Waals surface area contributed by atoms with Crippen molar-refractivity contribution in [3.05, 3.63) is 57.4 Å². The van der Waals surface area contributed by atoms with Gasteiger partial charge in [-0.2, -0.15) is 0 Å². The highest BCUT2D eigenvalue weighted by Crippen LogP contribution is 2.39. The smallest absolute Gasteiger partial charge is 0.343 e. The van der Waals surface area contributed by atoms with Crippen molar-refractivity contribution in [2.45, 2.75) is 0 Å². The van der Waals surface area contributed by atoms with E-state index in [4.69, 9.17) is 9.47 Å². The first-order chi connectivity index (χ1) is 13.9. The fraction of sp³-hybridized carbons (Fsp3) is 0.150. The van der Waals surface area contributed by atoms with E-state index in [1.54, 1.807) is 42.5 Å². The Morgan fingerprint density at radius 1 is 1.14 bits per heavy atom. The molecular formula is C20H16BrNO6S. The van der Waals surface area contributed by atoms with Crippen LogP contribution >= 0.6 is 27.7 Å². The number of ether oxygens (including phenoxy) is 3. The van der Waals surface area contributed by atoms with E-state index in [-0.39, 0.29) is 16.8 Å². The summed E-state index contributed by atoms with van der Waals surface area (Å²) in [6.45, 7) is -0.269. The van der Waals surface area contributed by atoms with E-state index in [0.717, 1.165) is 16.7 Å². The number of imide groups is 1. The molecule has 1 fully saturated rings. The summed E-state index contributed by atoms with van der Waals surface area (Å²) in [6, 6.07) is 12.0. The van der Waals surface area contributed by atoms with Gasteiger partial charge < -0.3 is 14.2 Å². The summed E-state index contributed by atoms with van der Waals surface area (Å²) in [4.78, 5) is 37.8. The second kappa shape index (κ2) is 9.15. The lowest BCUT2D eigenvalue weighted by atomic mass is 10.1. The third-order valence-electron chi connectivity index (χ3n) is 3.95. The Balaban J connectivity index is 1.89. The van der Waals surface area contributed by atoms with Crippen molar-refractivity contribution >= 4 is 56.6 Å². The summed E-state index contributed by atoms with van der Waals surface area (Å²) in [6.07, 6.45) is 1.60. The van der Waals surface area contributed by atoms with Crippen LogP contribution in [0.25, 0.3) is 6.08 Å². The summed E-state index contributed by atoms with van der Waals surface area (Å²) in [5.74, 6) is -0.227. The van der Waals surface area contributed by atoms with E-state index in [0.29, 0.717) is 27.2 Å². The fourth-order valence-corrected chi connectivity index (χ4v) is 3.81. The third kappa shape index (κ3) is 4.63. The molecule has 0 atom stereocenters. The van der Waals surface area contributed by atoms with Crippen molar-refractivity contribution in [1.29, 1.82) is 0 Å². The van der Waals surface area contributed by atoms with Gasteiger partial charge in [0, 0.05) is 4.47 Å². The maximum atomic E-state index is 12.8. The van der Waals surface area contributed by atoms with Gasteiger partial charge in [0.05, 0.1) is 24.8 Å². The summed E-state index contributed by atoms with van der Waals surface area (Å²) < 4.78 is 15.9. The molecule has 0 bridgehead atoms. The summed E-state index contributed by atoms with van der Waals surface area (Å²) in [7, 11) is 2.73. The first-order valence-electron chi connectivity index (χ1n) is 8.34. The predicted molar refractivity (Wildman–Crippen MR) is 113 cm³/mol. The topological polar surface area (TPSA) is 82.1 Å². The van der Waals surface area contributed by atoms with Crippen LogP contribution < -0.4 is 14.4 Å². The van der Waals surface area contributed by atoms with E-state index >= 15 is 0 Å². The van der Waals surface area contributed by atoms with Crippen LogP contribution in [0, 0.1) is 0 Å². The van der Waals surface area contributed by atoms with Gasteiger partial charge in [-0.25, -0.2) is 9.69 Å². The fourth-order valence-electron chi connectivity index (χ4n) is 2.54. The molecule has 1 saturated heterocycles. The molecule has 0 saturated carbocycles. The van der Waals surface area contributed by atoms with Gasteiger partial charge in [-0.1, -0.05) is 34.1 Å². The summed E-state index contributed by atoms with van der Waals surface area (Å²) in [5.41, 5.74) is 1.13. The Kier molecular flexibility index (Phi) is 6.60. The predicted octanol–water partition coefficient (Wildman–Crippen LogP) is 4.25. The Morgan fingerprint density at radius 3 is 2.52 bits per heavy atom. The number of anilines is 1. The molecule has 9 heteroatoms. The number of benzene rings is 2. The molecule has 1 aliphatic heterocycles. The van der Waals surface area contributed by atoms with Gasteiger partial charge in [-0.15, -0.1) is 0 Å². The number of halogens is 1. The average molecular weight is 478 g/mol. The third-order valence-corrected chi connectivity index (χ3v) is 5.51. The van der Waals surface area contributed by atoms with Gasteiger partial charge in [0.15, 0.2) is 18.1 Å². The number of nitrogens with zero attached hydrogens (tertiary/aromatic N) is 1. The quantitative estimate of drug-likeness (QED) is 0.454. The zero-order chi connectivity index (χ0) is 21.0. The van der Waals surface area contributed by atoms with Crippen LogP contribution in [0.4, 0.5) is 10.5 Å². The van der Waals surface area contributed by atoms with Crippen LogP contribution in [0.3, 0.4) is 0 Å². The number of carbonyl (C=O) groups is 3. The molecule has 2 aromatic rings. The van der Waals surface area contributed by atoms with Gasteiger partial charge >= 0.3 is 5.97 Å². The molecule has 0 N–H and O–H groups in total. The number of methoxy groups -OCH3 is 2. The first-order valence-corrected chi connectivity index (χ1v) is 9.95. The minimum atomic E-state index is -0.526. The van der Waals surface area contributed by atoms with Gasteiger partial charge in [-0.05, 0) is 47.7 Å². The first kappa shape index (κ1) is 20.9. The molecule has 150 valence electrons. The molecule has 1 aliphatic rings. The Labute approximate surface area is 179 Å². The van der Waals surface area contributed by atoms with Crippen molar-refractivity contribution in [2.75, 3.05) is 25.7 Å². The molecule has 7 nitrogen and oxygen atoms in total. The number of esters is 1. The minimum Gasteiger partial charge on any atom is -0.493 e. The van der Waals surface area contributed by atoms with Crippen LogP contribution in [-0.4, -0.2) is 37.9 Å². The molecule has 3 rings (SSSR count). The number of thioether (sulfide) groups is 1. The van der Waals surface area contributed by atoms with Crippen molar-refractivity contribution in [3.8, 4) is 11.5 Å². The van der Waals surface area contributed by atoms with E-state index < -0.39 is 11.9 Å². The standard InChI is InChI=1S/C20H16BrNO6S/c1-26-15-8-12(14(21)10-16(15)28-11-18(23)27-2)9-17-19(24)22(20(25)29-17)13-6-4-3-5-7-13/h3-10H,11H2,1-2H3/b17-9-. The lowest BCUT2D eigenvalue weighted by Crippen LogP contribution is -2.27. The maximum Gasteiger partial charge on any atom is 0.343 e. The monoisotopic (exact) mass is 477 g/mol. The number of rotatable bonds is 6. The number of amides is 2. The second-order valence-corrected chi connectivity index (χ2v) is 7.59. The molecule has 1 heterocycles. The van der Waals surface area contributed by atoms with Crippen LogP contribution in [0.1, 0.15) is 5.56 Å². The van der Waals surface area contributed by atoms with Gasteiger partial charge in [0.1, 0.15) is 0 Å². The highest BCUT2D eigenvalue weighted by molar-refractivity contribution is 9.10. The van der Waals surface area contributed by atoms with Gasteiger partial charge in [0.25, 0.3) is 11.1 Å². The molecule has 0 unspecified atom stereocenters. The zero-order valence-corrected chi connectivity index (χ0v) is 17.9. The molecular weight excluding hydrogens is 462 g/mol. The molecule has 0 aromatic heterocycles. The number of para-hydroxylation sites is 1. The highest BCUT2D eigenvalue weighted by Gasteiger charge is 2.36. The number of hydrogen-bond donors (Lipinski definition) is 0. The van der Waals surface area contributed by atoms with Crippen molar-refractivity contribution in [3.63, 3.8) is 0 Å². The van der Waals surface area contributed by atoms with E-state index in [1.807, 2.05) is 6.07 Å².